The monoisotopic (exact) mass is 362 g/mol. The van der Waals surface area contributed by atoms with Gasteiger partial charge in [0.15, 0.2) is 5.65 Å². The third-order valence-corrected chi connectivity index (χ3v) is 4.01. The van der Waals surface area contributed by atoms with Crippen molar-refractivity contribution >= 4 is 11.0 Å². The number of aliphatic hydroxyl groups excluding tert-OH is 1. The highest BCUT2D eigenvalue weighted by molar-refractivity contribution is 5.95. The van der Waals surface area contributed by atoms with Crippen molar-refractivity contribution in [1.29, 1.82) is 5.26 Å². The van der Waals surface area contributed by atoms with E-state index in [2.05, 4.69) is 16.2 Å². The normalized spacial score (nSPS) is 11.7. The number of hydrogen-bond donors (Lipinski definition) is 2. The molecule has 0 aliphatic carbocycles. The van der Waals surface area contributed by atoms with Crippen LogP contribution < -0.4 is 0 Å². The summed E-state index contributed by atoms with van der Waals surface area (Å²) in [7, 11) is 0. The summed E-state index contributed by atoms with van der Waals surface area (Å²) in [6.07, 6.45) is -1.94. The average molecular weight is 362 g/mol. The Balaban J connectivity index is 0.00000261. The quantitative estimate of drug-likeness (QED) is 0.721. The van der Waals surface area contributed by atoms with Gasteiger partial charge in [-0.15, -0.1) is 0 Å². The largest absolute Gasteiger partial charge is 0.433 e. The Hall–Kier alpha value is -2.92. The third-order valence-electron chi connectivity index (χ3n) is 4.01. The molecule has 2 N–H and O–H groups in total. The lowest BCUT2D eigenvalue weighted by Crippen LogP contribution is -2.06. The summed E-state index contributed by atoms with van der Waals surface area (Å²) in [5, 5.41) is 23.6. The summed E-state index contributed by atoms with van der Waals surface area (Å²) in [4.78, 5) is 3.90. The maximum Gasteiger partial charge on any atom is 0.433 e. The van der Waals surface area contributed by atoms with Gasteiger partial charge in [0, 0.05) is 14.2 Å². The maximum absolute atomic E-state index is 13.3. The van der Waals surface area contributed by atoms with Crippen molar-refractivity contribution in [2.75, 3.05) is 6.61 Å². The van der Waals surface area contributed by atoms with Gasteiger partial charge < -0.3 is 5.11 Å². The Kier molecular flexibility index (Phi) is 4.91. The van der Waals surface area contributed by atoms with Crippen LogP contribution in [0.25, 0.3) is 22.2 Å². The van der Waals surface area contributed by atoms with Gasteiger partial charge in [-0.05, 0) is 41.2 Å². The first-order valence-corrected chi connectivity index (χ1v) is 7.95. The molecular formula is C18H17F3N4O. The SMILES string of the molecule is N#CCc1cc(CCCO)cc(-c2ccnc3n[nH]c(C(F)(F)F)c23)c1.[HH]. The van der Waals surface area contributed by atoms with Gasteiger partial charge in [-0.3, -0.25) is 5.10 Å². The number of aryl methyl sites for hydroxylation is 1. The number of alkyl halides is 3. The topological polar surface area (TPSA) is 85.6 Å². The molecule has 0 aliphatic heterocycles. The van der Waals surface area contributed by atoms with Crippen molar-refractivity contribution < 1.29 is 19.7 Å². The molecule has 8 heteroatoms. The van der Waals surface area contributed by atoms with Crippen molar-refractivity contribution in [2.45, 2.75) is 25.4 Å². The highest BCUT2D eigenvalue weighted by Crippen LogP contribution is 2.38. The van der Waals surface area contributed by atoms with E-state index in [1.54, 1.807) is 12.1 Å². The minimum atomic E-state index is -4.59. The van der Waals surface area contributed by atoms with Gasteiger partial charge >= 0.3 is 6.18 Å². The van der Waals surface area contributed by atoms with Gasteiger partial charge in [-0.2, -0.15) is 23.5 Å². The first-order valence-electron chi connectivity index (χ1n) is 7.95. The molecule has 136 valence electrons. The molecule has 0 aliphatic rings. The minimum Gasteiger partial charge on any atom is -0.396 e. The molecule has 0 radical (unpaired) electrons. The zero-order chi connectivity index (χ0) is 18.7. The lowest BCUT2D eigenvalue weighted by molar-refractivity contribution is -0.139. The van der Waals surface area contributed by atoms with Crippen molar-refractivity contribution in [3.8, 4) is 17.2 Å². The van der Waals surface area contributed by atoms with Gasteiger partial charge in [0.05, 0.1) is 17.9 Å². The fraction of sp³-hybridized carbons (Fsp3) is 0.278. The van der Waals surface area contributed by atoms with Crippen LogP contribution in [0.15, 0.2) is 30.5 Å². The fourth-order valence-corrected chi connectivity index (χ4v) is 2.93. The van der Waals surface area contributed by atoms with E-state index in [0.717, 1.165) is 5.56 Å². The first-order chi connectivity index (χ1) is 12.4. The zero-order valence-corrected chi connectivity index (χ0v) is 13.6. The molecule has 3 aromatic rings. The second-order valence-corrected chi connectivity index (χ2v) is 5.85. The number of H-pyrrole nitrogens is 1. The molecule has 0 unspecified atom stereocenters. The van der Waals surface area contributed by atoms with Crippen LogP contribution in [0.2, 0.25) is 0 Å². The smallest absolute Gasteiger partial charge is 0.396 e. The van der Waals surface area contributed by atoms with E-state index in [1.165, 1.54) is 12.3 Å². The lowest BCUT2D eigenvalue weighted by atomic mass is 9.95. The summed E-state index contributed by atoms with van der Waals surface area (Å²) < 4.78 is 40.0. The number of aromatic nitrogens is 3. The number of aliphatic hydroxyl groups is 1. The zero-order valence-electron chi connectivity index (χ0n) is 13.6. The van der Waals surface area contributed by atoms with Crippen LogP contribution in [-0.4, -0.2) is 26.9 Å². The highest BCUT2D eigenvalue weighted by Gasteiger charge is 2.36. The van der Waals surface area contributed by atoms with Crippen LogP contribution in [0.5, 0.6) is 0 Å². The molecule has 1 aromatic carbocycles. The number of fused-ring (bicyclic) bond motifs is 1. The Bertz CT molecular complexity index is 979. The van der Waals surface area contributed by atoms with Crippen LogP contribution in [0.4, 0.5) is 13.2 Å². The summed E-state index contributed by atoms with van der Waals surface area (Å²) in [5.74, 6) is 0. The first kappa shape index (κ1) is 17.9. The molecule has 0 atom stereocenters. The number of benzene rings is 1. The van der Waals surface area contributed by atoms with E-state index < -0.39 is 11.9 Å². The standard InChI is InChI=1S/C18H15F3N4O.H2/c19-18(20,21)16-15-14(4-6-23-17(15)25-24-16)13-9-11(2-1-7-26)8-12(10-13)3-5-22;/h4,6,8-10,26H,1-3,7H2,(H,23,24,25);1H. The molecule has 0 bridgehead atoms. The predicted octanol–water partition coefficient (Wildman–Crippen LogP) is 3.88. The number of nitrogens with zero attached hydrogens (tertiary/aromatic N) is 3. The van der Waals surface area contributed by atoms with Crippen molar-refractivity contribution in [1.82, 2.24) is 15.2 Å². The number of pyridine rings is 1. The molecule has 26 heavy (non-hydrogen) atoms. The summed E-state index contributed by atoms with van der Waals surface area (Å²) in [6, 6.07) is 8.87. The number of nitrogens with one attached hydrogen (secondary N) is 1. The number of hydrogen-bond acceptors (Lipinski definition) is 4. The number of halogens is 3. The van der Waals surface area contributed by atoms with Crippen LogP contribution in [0, 0.1) is 11.3 Å². The van der Waals surface area contributed by atoms with Crippen molar-refractivity contribution in [3.05, 3.63) is 47.3 Å². The van der Waals surface area contributed by atoms with Crippen LogP contribution >= 0.6 is 0 Å². The molecular weight excluding hydrogens is 345 g/mol. The lowest BCUT2D eigenvalue weighted by Gasteiger charge is -2.11. The van der Waals surface area contributed by atoms with E-state index in [-0.39, 0.29) is 25.5 Å². The molecule has 0 saturated heterocycles. The molecule has 2 aromatic heterocycles. The molecule has 3 rings (SSSR count). The van der Waals surface area contributed by atoms with E-state index in [1.807, 2.05) is 11.2 Å². The molecule has 5 nitrogen and oxygen atoms in total. The predicted molar refractivity (Wildman–Crippen MR) is 91.2 cm³/mol. The maximum atomic E-state index is 13.3. The van der Waals surface area contributed by atoms with E-state index >= 15 is 0 Å². The Labute approximate surface area is 148 Å². The number of nitriles is 1. The number of rotatable bonds is 5. The summed E-state index contributed by atoms with van der Waals surface area (Å²) >= 11 is 0. The second-order valence-electron chi connectivity index (χ2n) is 5.85. The Morgan fingerprint density at radius 1 is 1.23 bits per heavy atom. The van der Waals surface area contributed by atoms with Gasteiger partial charge in [-0.25, -0.2) is 4.98 Å². The average Bonchev–Trinajstić information content (AvgIpc) is 3.04. The molecule has 0 amide bonds. The molecule has 0 fully saturated rings. The van der Waals surface area contributed by atoms with Gasteiger partial charge in [0.25, 0.3) is 0 Å². The molecule has 0 saturated carbocycles. The van der Waals surface area contributed by atoms with Crippen LogP contribution in [0.1, 0.15) is 24.7 Å². The minimum absolute atomic E-state index is 0. The fourth-order valence-electron chi connectivity index (χ4n) is 2.93. The Morgan fingerprint density at radius 2 is 2.00 bits per heavy atom. The summed E-state index contributed by atoms with van der Waals surface area (Å²) in [5.41, 5.74) is 1.51. The van der Waals surface area contributed by atoms with Crippen molar-refractivity contribution in [3.63, 3.8) is 0 Å². The van der Waals surface area contributed by atoms with Gasteiger partial charge in [0.1, 0.15) is 5.69 Å². The van der Waals surface area contributed by atoms with Gasteiger partial charge in [-0.1, -0.05) is 18.2 Å². The number of aromatic amines is 1. The summed E-state index contributed by atoms with van der Waals surface area (Å²) in [6.45, 7) is 0.0112. The van der Waals surface area contributed by atoms with Gasteiger partial charge in [0.2, 0.25) is 0 Å². The van der Waals surface area contributed by atoms with Crippen LogP contribution in [0.3, 0.4) is 0 Å². The van der Waals surface area contributed by atoms with E-state index in [9.17, 15) is 13.2 Å². The van der Waals surface area contributed by atoms with E-state index in [4.69, 9.17) is 10.4 Å². The Morgan fingerprint density at radius 3 is 2.69 bits per heavy atom. The molecule has 0 spiro atoms. The van der Waals surface area contributed by atoms with Crippen LogP contribution in [-0.2, 0) is 19.0 Å². The highest BCUT2D eigenvalue weighted by atomic mass is 19.4. The van der Waals surface area contributed by atoms with E-state index in [0.29, 0.717) is 29.5 Å². The van der Waals surface area contributed by atoms with Crippen molar-refractivity contribution in [2.24, 2.45) is 0 Å². The molecule has 2 heterocycles. The second kappa shape index (κ2) is 7.14. The third kappa shape index (κ3) is 3.53.